The minimum Gasteiger partial charge on any atom is -0.494 e. The molecular weight excluding hydrogens is 278 g/mol. The molecule has 2 aromatic rings. The van der Waals surface area contributed by atoms with Crippen LogP contribution in [0.25, 0.3) is 0 Å². The fourth-order valence-corrected chi connectivity index (χ4v) is 2.72. The zero-order valence-electron chi connectivity index (χ0n) is 10.5. The number of nitrogen functional groups attached to an aromatic ring is 1. The van der Waals surface area contributed by atoms with Gasteiger partial charge in [-0.2, -0.15) is 0 Å². The van der Waals surface area contributed by atoms with Crippen LogP contribution in [-0.2, 0) is 0 Å². The van der Waals surface area contributed by atoms with Crippen LogP contribution in [-0.4, -0.2) is 12.4 Å². The average Bonchev–Trinajstić information content (AvgIpc) is 2.42. The van der Waals surface area contributed by atoms with Gasteiger partial charge in [0.25, 0.3) is 0 Å². The summed E-state index contributed by atoms with van der Waals surface area (Å²) >= 11 is 7.84. The first-order chi connectivity index (χ1) is 9.25. The fourth-order valence-electron chi connectivity index (χ4n) is 1.56. The van der Waals surface area contributed by atoms with E-state index in [9.17, 15) is 0 Å². The number of hydrogen-bond donors (Lipinski definition) is 1. The minimum absolute atomic E-state index is 0.696. The number of halogens is 1. The Labute approximate surface area is 122 Å². The highest BCUT2D eigenvalue weighted by Crippen LogP contribution is 2.26. The first-order valence-corrected chi connectivity index (χ1v) is 7.48. The second-order valence-corrected chi connectivity index (χ2v) is 5.59. The van der Waals surface area contributed by atoms with Crippen LogP contribution in [0.4, 0.5) is 5.69 Å². The van der Waals surface area contributed by atoms with E-state index in [4.69, 9.17) is 22.1 Å². The molecule has 100 valence electrons. The van der Waals surface area contributed by atoms with Crippen LogP contribution >= 0.6 is 23.4 Å². The maximum Gasteiger partial charge on any atom is 0.119 e. The fraction of sp³-hybridized carbons (Fsp3) is 0.200. The van der Waals surface area contributed by atoms with Gasteiger partial charge >= 0.3 is 0 Å². The predicted molar refractivity (Wildman–Crippen MR) is 83.1 cm³/mol. The SMILES string of the molecule is Nc1ccc(OCCCSc2ccccc2Cl)cc1. The summed E-state index contributed by atoms with van der Waals surface area (Å²) in [5.41, 5.74) is 6.36. The van der Waals surface area contributed by atoms with Crippen molar-refractivity contribution in [3.05, 3.63) is 53.6 Å². The van der Waals surface area contributed by atoms with Crippen LogP contribution in [0.1, 0.15) is 6.42 Å². The Morgan fingerprint density at radius 1 is 1.05 bits per heavy atom. The molecule has 2 nitrogen and oxygen atoms in total. The van der Waals surface area contributed by atoms with Crippen LogP contribution in [0.15, 0.2) is 53.4 Å². The van der Waals surface area contributed by atoms with E-state index < -0.39 is 0 Å². The van der Waals surface area contributed by atoms with Crippen LogP contribution < -0.4 is 10.5 Å². The molecule has 2 N–H and O–H groups in total. The van der Waals surface area contributed by atoms with Crippen molar-refractivity contribution in [1.82, 2.24) is 0 Å². The Kier molecular flexibility index (Phi) is 5.43. The van der Waals surface area contributed by atoms with Gasteiger partial charge in [0.05, 0.1) is 11.6 Å². The smallest absolute Gasteiger partial charge is 0.119 e. The molecule has 2 aromatic carbocycles. The van der Waals surface area contributed by atoms with Gasteiger partial charge in [-0.25, -0.2) is 0 Å². The number of ether oxygens (including phenoxy) is 1. The molecule has 0 heterocycles. The van der Waals surface area contributed by atoms with Crippen molar-refractivity contribution in [3.63, 3.8) is 0 Å². The molecule has 0 aliphatic rings. The van der Waals surface area contributed by atoms with Gasteiger partial charge in [0.1, 0.15) is 5.75 Å². The van der Waals surface area contributed by atoms with Crippen LogP contribution in [0.5, 0.6) is 5.75 Å². The largest absolute Gasteiger partial charge is 0.494 e. The molecule has 0 unspecified atom stereocenters. The lowest BCUT2D eigenvalue weighted by Crippen LogP contribution is -1.98. The third kappa shape index (κ3) is 4.69. The third-order valence-electron chi connectivity index (χ3n) is 2.53. The van der Waals surface area contributed by atoms with Gasteiger partial charge in [0, 0.05) is 16.3 Å². The lowest BCUT2D eigenvalue weighted by atomic mass is 10.3. The molecule has 0 amide bonds. The number of thioether (sulfide) groups is 1. The van der Waals surface area contributed by atoms with E-state index in [-0.39, 0.29) is 0 Å². The lowest BCUT2D eigenvalue weighted by molar-refractivity contribution is 0.319. The van der Waals surface area contributed by atoms with Crippen molar-refractivity contribution in [2.75, 3.05) is 18.1 Å². The van der Waals surface area contributed by atoms with E-state index in [0.717, 1.165) is 33.5 Å². The summed E-state index contributed by atoms with van der Waals surface area (Å²) in [5.74, 6) is 1.84. The Morgan fingerprint density at radius 3 is 2.53 bits per heavy atom. The molecule has 0 aromatic heterocycles. The van der Waals surface area contributed by atoms with Crippen molar-refractivity contribution in [1.29, 1.82) is 0 Å². The van der Waals surface area contributed by atoms with Crippen molar-refractivity contribution < 1.29 is 4.74 Å². The average molecular weight is 294 g/mol. The van der Waals surface area contributed by atoms with Gasteiger partial charge in [-0.3, -0.25) is 0 Å². The summed E-state index contributed by atoms with van der Waals surface area (Å²) < 4.78 is 5.63. The second-order valence-electron chi connectivity index (χ2n) is 4.05. The molecule has 0 fully saturated rings. The van der Waals surface area contributed by atoms with Crippen LogP contribution in [0.3, 0.4) is 0 Å². The van der Waals surface area contributed by atoms with Crippen molar-refractivity contribution >= 4 is 29.1 Å². The van der Waals surface area contributed by atoms with Gasteiger partial charge in [-0.1, -0.05) is 23.7 Å². The molecule has 0 aliphatic carbocycles. The van der Waals surface area contributed by atoms with Crippen molar-refractivity contribution in [2.45, 2.75) is 11.3 Å². The molecule has 0 radical (unpaired) electrons. The molecule has 0 saturated heterocycles. The monoisotopic (exact) mass is 293 g/mol. The summed E-state index contributed by atoms with van der Waals surface area (Å²) in [6.45, 7) is 0.696. The molecule has 2 rings (SSSR count). The zero-order valence-corrected chi connectivity index (χ0v) is 12.1. The van der Waals surface area contributed by atoms with Crippen LogP contribution in [0.2, 0.25) is 5.02 Å². The molecule has 19 heavy (non-hydrogen) atoms. The quantitative estimate of drug-likeness (QED) is 0.484. The molecule has 0 aliphatic heterocycles. The molecular formula is C15H16ClNOS. The summed E-state index contributed by atoms with van der Waals surface area (Å²) in [7, 11) is 0. The third-order valence-corrected chi connectivity index (χ3v) is 4.13. The van der Waals surface area contributed by atoms with Gasteiger partial charge in [0.2, 0.25) is 0 Å². The van der Waals surface area contributed by atoms with Crippen molar-refractivity contribution in [2.24, 2.45) is 0 Å². The number of rotatable bonds is 6. The summed E-state index contributed by atoms with van der Waals surface area (Å²) in [4.78, 5) is 1.12. The van der Waals surface area contributed by atoms with Gasteiger partial charge in [-0.05, 0) is 42.8 Å². The van der Waals surface area contributed by atoms with Crippen LogP contribution in [0, 0.1) is 0 Å². The first-order valence-electron chi connectivity index (χ1n) is 6.11. The van der Waals surface area contributed by atoms with E-state index in [1.807, 2.05) is 48.5 Å². The van der Waals surface area contributed by atoms with E-state index >= 15 is 0 Å². The maximum absolute atomic E-state index is 6.08. The maximum atomic E-state index is 6.08. The Balaban J connectivity index is 1.67. The summed E-state index contributed by atoms with van der Waals surface area (Å²) in [6, 6.07) is 15.3. The molecule has 4 heteroatoms. The first kappa shape index (κ1) is 14.1. The summed E-state index contributed by atoms with van der Waals surface area (Å²) in [6.07, 6.45) is 0.972. The molecule has 0 spiro atoms. The Bertz CT molecular complexity index is 516. The van der Waals surface area contributed by atoms with E-state index in [2.05, 4.69) is 0 Å². The van der Waals surface area contributed by atoms with E-state index in [1.165, 1.54) is 0 Å². The second kappa shape index (κ2) is 7.31. The Hall–Kier alpha value is -1.32. The number of benzene rings is 2. The molecule has 0 saturated carbocycles. The van der Waals surface area contributed by atoms with Gasteiger partial charge < -0.3 is 10.5 Å². The van der Waals surface area contributed by atoms with E-state index in [1.54, 1.807) is 11.8 Å². The zero-order chi connectivity index (χ0) is 13.5. The Morgan fingerprint density at radius 2 is 1.79 bits per heavy atom. The standard InChI is InChI=1S/C15H16ClNOS/c16-14-4-1-2-5-15(14)19-11-3-10-18-13-8-6-12(17)7-9-13/h1-2,4-9H,3,10-11,17H2. The minimum atomic E-state index is 0.696. The molecule has 0 atom stereocenters. The van der Waals surface area contributed by atoms with Gasteiger partial charge in [0.15, 0.2) is 0 Å². The topological polar surface area (TPSA) is 35.2 Å². The lowest BCUT2D eigenvalue weighted by Gasteiger charge is -2.07. The van der Waals surface area contributed by atoms with Gasteiger partial charge in [-0.15, -0.1) is 11.8 Å². The highest BCUT2D eigenvalue weighted by Gasteiger charge is 1.99. The highest BCUT2D eigenvalue weighted by atomic mass is 35.5. The summed E-state index contributed by atoms with van der Waals surface area (Å²) in [5, 5.41) is 0.812. The number of nitrogens with two attached hydrogens (primary N) is 1. The number of hydrogen-bond acceptors (Lipinski definition) is 3. The number of anilines is 1. The van der Waals surface area contributed by atoms with E-state index in [0.29, 0.717) is 6.61 Å². The predicted octanol–water partition coefficient (Wildman–Crippen LogP) is 4.48. The van der Waals surface area contributed by atoms with Crippen molar-refractivity contribution in [3.8, 4) is 5.75 Å². The normalized spacial score (nSPS) is 10.4. The highest BCUT2D eigenvalue weighted by molar-refractivity contribution is 7.99. The molecule has 0 bridgehead atoms.